The van der Waals surface area contributed by atoms with E-state index in [9.17, 15) is 4.79 Å². The topological polar surface area (TPSA) is 49.3 Å². The summed E-state index contributed by atoms with van der Waals surface area (Å²) in [4.78, 5) is 12.2. The highest BCUT2D eigenvalue weighted by molar-refractivity contribution is 6.30. The third-order valence-corrected chi connectivity index (χ3v) is 4.11. The van der Waals surface area contributed by atoms with Gasteiger partial charge in [0.25, 0.3) is 0 Å². The maximum Gasteiger partial charge on any atom is 0.223 e. The maximum atomic E-state index is 12.2. The predicted octanol–water partition coefficient (Wildman–Crippen LogP) is 2.80. The summed E-state index contributed by atoms with van der Waals surface area (Å²) in [6.45, 7) is 2.07. The van der Waals surface area contributed by atoms with E-state index in [-0.39, 0.29) is 24.5 Å². The van der Waals surface area contributed by atoms with Crippen LogP contribution in [0, 0.1) is 11.8 Å². The first-order chi connectivity index (χ1) is 9.60. The molecule has 0 bridgehead atoms. The predicted molar refractivity (Wildman–Crippen MR) is 80.7 cm³/mol. The summed E-state index contributed by atoms with van der Waals surface area (Å²) >= 11 is 5.85. The SMILES string of the molecule is CC(Cc1ccc(Cl)cc1)C(=O)NC(CCO)C1CC1. The average molecular weight is 296 g/mol. The number of nitrogens with one attached hydrogen (secondary N) is 1. The van der Waals surface area contributed by atoms with E-state index in [1.54, 1.807) is 0 Å². The molecule has 1 aromatic rings. The second-order valence-electron chi connectivity index (χ2n) is 5.70. The Morgan fingerprint density at radius 2 is 2.05 bits per heavy atom. The Hall–Kier alpha value is -1.06. The highest BCUT2D eigenvalue weighted by Crippen LogP contribution is 2.34. The smallest absolute Gasteiger partial charge is 0.223 e. The van der Waals surface area contributed by atoms with E-state index in [2.05, 4.69) is 5.32 Å². The van der Waals surface area contributed by atoms with Gasteiger partial charge < -0.3 is 10.4 Å². The number of aliphatic hydroxyl groups excluding tert-OH is 1. The van der Waals surface area contributed by atoms with Crippen molar-refractivity contribution in [2.24, 2.45) is 11.8 Å². The lowest BCUT2D eigenvalue weighted by atomic mass is 9.99. The van der Waals surface area contributed by atoms with Crippen molar-refractivity contribution in [2.75, 3.05) is 6.61 Å². The number of carbonyl (C=O) groups excluding carboxylic acids is 1. The summed E-state index contributed by atoms with van der Waals surface area (Å²) in [6, 6.07) is 7.75. The lowest BCUT2D eigenvalue weighted by Crippen LogP contribution is -2.40. The molecule has 1 saturated carbocycles. The van der Waals surface area contributed by atoms with Crippen LogP contribution >= 0.6 is 11.6 Å². The number of amides is 1. The van der Waals surface area contributed by atoms with Crippen molar-refractivity contribution in [1.82, 2.24) is 5.32 Å². The maximum absolute atomic E-state index is 12.2. The van der Waals surface area contributed by atoms with E-state index in [0.717, 1.165) is 18.4 Å². The first kappa shape index (κ1) is 15.3. The van der Waals surface area contributed by atoms with Gasteiger partial charge in [0.2, 0.25) is 5.91 Å². The molecule has 0 heterocycles. The van der Waals surface area contributed by atoms with Gasteiger partial charge in [-0.05, 0) is 49.3 Å². The largest absolute Gasteiger partial charge is 0.396 e. The summed E-state index contributed by atoms with van der Waals surface area (Å²) in [5.74, 6) is 0.565. The number of hydrogen-bond donors (Lipinski definition) is 2. The Labute approximate surface area is 125 Å². The summed E-state index contributed by atoms with van der Waals surface area (Å²) < 4.78 is 0. The molecule has 1 aliphatic rings. The Morgan fingerprint density at radius 1 is 1.40 bits per heavy atom. The van der Waals surface area contributed by atoms with Crippen molar-refractivity contribution in [3.63, 3.8) is 0 Å². The molecule has 0 aliphatic heterocycles. The molecule has 0 saturated heterocycles. The molecular weight excluding hydrogens is 274 g/mol. The zero-order chi connectivity index (χ0) is 14.5. The van der Waals surface area contributed by atoms with Gasteiger partial charge in [0.05, 0.1) is 0 Å². The van der Waals surface area contributed by atoms with Gasteiger partial charge in [0.15, 0.2) is 0 Å². The molecule has 2 unspecified atom stereocenters. The van der Waals surface area contributed by atoms with Crippen molar-refractivity contribution in [3.8, 4) is 0 Å². The van der Waals surface area contributed by atoms with Crippen LogP contribution in [0.1, 0.15) is 31.7 Å². The summed E-state index contributed by atoms with van der Waals surface area (Å²) in [5, 5.41) is 12.9. The molecule has 4 heteroatoms. The second kappa shape index (κ2) is 7.09. The molecule has 1 fully saturated rings. The molecule has 0 radical (unpaired) electrons. The van der Waals surface area contributed by atoms with E-state index in [0.29, 0.717) is 23.8 Å². The van der Waals surface area contributed by atoms with Crippen molar-refractivity contribution in [1.29, 1.82) is 0 Å². The lowest BCUT2D eigenvalue weighted by Gasteiger charge is -2.20. The molecule has 1 amide bonds. The first-order valence-corrected chi connectivity index (χ1v) is 7.63. The van der Waals surface area contributed by atoms with Gasteiger partial charge in [-0.1, -0.05) is 30.7 Å². The Kier molecular flexibility index (Phi) is 5.44. The summed E-state index contributed by atoms with van der Waals surface area (Å²) in [7, 11) is 0. The Bertz CT molecular complexity index is 442. The van der Waals surface area contributed by atoms with Crippen LogP contribution in [0.3, 0.4) is 0 Å². The van der Waals surface area contributed by atoms with Crippen LogP contribution in [0.15, 0.2) is 24.3 Å². The van der Waals surface area contributed by atoms with E-state index in [1.165, 1.54) is 0 Å². The van der Waals surface area contributed by atoms with E-state index < -0.39 is 0 Å². The van der Waals surface area contributed by atoms with Crippen LogP contribution in [0.5, 0.6) is 0 Å². The summed E-state index contributed by atoms with van der Waals surface area (Å²) in [5.41, 5.74) is 1.11. The summed E-state index contributed by atoms with van der Waals surface area (Å²) in [6.07, 6.45) is 3.69. The minimum Gasteiger partial charge on any atom is -0.396 e. The highest BCUT2D eigenvalue weighted by atomic mass is 35.5. The number of hydrogen-bond acceptors (Lipinski definition) is 2. The third-order valence-electron chi connectivity index (χ3n) is 3.86. The molecule has 2 rings (SSSR count). The fourth-order valence-corrected chi connectivity index (χ4v) is 2.58. The monoisotopic (exact) mass is 295 g/mol. The van der Waals surface area contributed by atoms with Gasteiger partial charge in [-0.25, -0.2) is 0 Å². The number of rotatable bonds is 7. The average Bonchev–Trinajstić information content (AvgIpc) is 3.25. The second-order valence-corrected chi connectivity index (χ2v) is 6.13. The molecule has 3 nitrogen and oxygen atoms in total. The van der Waals surface area contributed by atoms with Gasteiger partial charge >= 0.3 is 0 Å². The van der Waals surface area contributed by atoms with Crippen LogP contribution < -0.4 is 5.32 Å². The standard InChI is InChI=1S/C16H22ClNO2/c1-11(10-12-2-6-14(17)7-3-12)16(20)18-15(8-9-19)13-4-5-13/h2-3,6-7,11,13,15,19H,4-5,8-10H2,1H3,(H,18,20). The van der Waals surface area contributed by atoms with Crippen molar-refractivity contribution < 1.29 is 9.90 Å². The van der Waals surface area contributed by atoms with E-state index in [1.807, 2.05) is 31.2 Å². The molecule has 110 valence electrons. The molecule has 1 aromatic carbocycles. The number of benzene rings is 1. The molecule has 1 aliphatic carbocycles. The van der Waals surface area contributed by atoms with Crippen LogP contribution in [-0.4, -0.2) is 23.7 Å². The zero-order valence-electron chi connectivity index (χ0n) is 11.8. The van der Waals surface area contributed by atoms with Gasteiger partial charge in [-0.2, -0.15) is 0 Å². The number of aliphatic hydroxyl groups is 1. The number of halogens is 1. The van der Waals surface area contributed by atoms with Gasteiger partial charge in [-0.15, -0.1) is 0 Å². The van der Waals surface area contributed by atoms with Crippen molar-refractivity contribution >= 4 is 17.5 Å². The molecular formula is C16H22ClNO2. The van der Waals surface area contributed by atoms with Crippen LogP contribution in [0.25, 0.3) is 0 Å². The highest BCUT2D eigenvalue weighted by Gasteiger charge is 2.32. The first-order valence-electron chi connectivity index (χ1n) is 7.26. The van der Waals surface area contributed by atoms with Gasteiger partial charge in [-0.3, -0.25) is 4.79 Å². The number of carbonyl (C=O) groups is 1. The van der Waals surface area contributed by atoms with Crippen LogP contribution in [-0.2, 0) is 11.2 Å². The van der Waals surface area contributed by atoms with Crippen LogP contribution in [0.4, 0.5) is 0 Å². The fourth-order valence-electron chi connectivity index (χ4n) is 2.46. The normalized spacial score (nSPS) is 17.6. The van der Waals surface area contributed by atoms with E-state index in [4.69, 9.17) is 16.7 Å². The zero-order valence-corrected chi connectivity index (χ0v) is 12.6. The van der Waals surface area contributed by atoms with E-state index >= 15 is 0 Å². The van der Waals surface area contributed by atoms with Crippen molar-refractivity contribution in [3.05, 3.63) is 34.9 Å². The minimum absolute atomic E-state index is 0.0730. The molecule has 20 heavy (non-hydrogen) atoms. The van der Waals surface area contributed by atoms with Gasteiger partial charge in [0.1, 0.15) is 0 Å². The Morgan fingerprint density at radius 3 is 2.60 bits per heavy atom. The Balaban J connectivity index is 1.85. The quantitative estimate of drug-likeness (QED) is 0.813. The fraction of sp³-hybridized carbons (Fsp3) is 0.562. The third kappa shape index (κ3) is 4.50. The van der Waals surface area contributed by atoms with Crippen LogP contribution in [0.2, 0.25) is 5.02 Å². The molecule has 2 atom stereocenters. The molecule has 2 N–H and O–H groups in total. The molecule has 0 spiro atoms. The van der Waals surface area contributed by atoms with Gasteiger partial charge in [0, 0.05) is 23.6 Å². The van der Waals surface area contributed by atoms with Crippen molar-refractivity contribution in [2.45, 2.75) is 38.6 Å². The molecule has 0 aromatic heterocycles. The lowest BCUT2D eigenvalue weighted by molar-refractivity contribution is -0.125. The minimum atomic E-state index is -0.0730.